The predicted octanol–water partition coefficient (Wildman–Crippen LogP) is 4.11. The molecule has 0 aromatic carbocycles. The van der Waals surface area contributed by atoms with Gasteiger partial charge in [0.1, 0.15) is 0 Å². The first-order valence-corrected chi connectivity index (χ1v) is 6.53. The van der Waals surface area contributed by atoms with E-state index in [1.807, 2.05) is 0 Å². The van der Waals surface area contributed by atoms with Gasteiger partial charge in [-0.1, -0.05) is 32.8 Å². The van der Waals surface area contributed by atoms with E-state index in [0.29, 0.717) is 5.41 Å². The Hall–Kier alpha value is -0.810. The normalized spacial score (nSPS) is 21.7. The molecule has 0 spiro atoms. The van der Waals surface area contributed by atoms with E-state index in [4.69, 9.17) is 0 Å². The molecule has 0 aliphatic heterocycles. The Morgan fingerprint density at radius 2 is 2.07 bits per heavy atom. The van der Waals surface area contributed by atoms with Crippen LogP contribution in [0.5, 0.6) is 0 Å². The van der Waals surface area contributed by atoms with Crippen LogP contribution in [0.15, 0.2) is 17.5 Å². The molecule has 2 heteroatoms. The lowest BCUT2D eigenvalue weighted by Gasteiger charge is -2.52. The van der Waals surface area contributed by atoms with E-state index in [0.717, 1.165) is 12.8 Å². The van der Waals surface area contributed by atoms with Gasteiger partial charge < -0.3 is 0 Å². The van der Waals surface area contributed by atoms with Gasteiger partial charge in [-0.15, -0.1) is 11.3 Å². The van der Waals surface area contributed by atoms with E-state index < -0.39 is 0 Å². The minimum absolute atomic E-state index is 0.153. The van der Waals surface area contributed by atoms with Gasteiger partial charge in [0.05, 0.1) is 11.5 Å². The molecule has 1 aliphatic rings. The smallest absolute Gasteiger partial charge is 0.0925 e. The molecule has 1 saturated carbocycles. The zero-order valence-corrected chi connectivity index (χ0v) is 10.2. The summed E-state index contributed by atoms with van der Waals surface area (Å²) in [6.07, 6.45) is 4.53. The summed E-state index contributed by atoms with van der Waals surface area (Å²) in [6.45, 7) is 4.50. The van der Waals surface area contributed by atoms with Crippen LogP contribution >= 0.6 is 11.3 Å². The maximum absolute atomic E-state index is 9.39. The average molecular weight is 219 g/mol. The van der Waals surface area contributed by atoms with Gasteiger partial charge in [0.25, 0.3) is 0 Å². The fourth-order valence-electron chi connectivity index (χ4n) is 2.84. The number of hydrogen-bond donors (Lipinski definition) is 0. The molecule has 1 nitrogen and oxygen atoms in total. The van der Waals surface area contributed by atoms with Gasteiger partial charge in [-0.05, 0) is 29.7 Å². The van der Waals surface area contributed by atoms with E-state index in [1.54, 1.807) is 11.3 Å². The van der Waals surface area contributed by atoms with Gasteiger partial charge in [0.15, 0.2) is 0 Å². The van der Waals surface area contributed by atoms with Crippen molar-refractivity contribution in [3.8, 4) is 6.07 Å². The zero-order chi connectivity index (χ0) is 10.9. The fourth-order valence-corrected chi connectivity index (χ4v) is 3.71. The molecule has 0 atom stereocenters. The monoisotopic (exact) mass is 219 g/mol. The largest absolute Gasteiger partial charge is 0.197 e. The highest BCUT2D eigenvalue weighted by Crippen LogP contribution is 2.59. The van der Waals surface area contributed by atoms with Crippen LogP contribution in [0.25, 0.3) is 0 Å². The van der Waals surface area contributed by atoms with Crippen molar-refractivity contribution in [3.63, 3.8) is 0 Å². The summed E-state index contributed by atoms with van der Waals surface area (Å²) in [5.74, 6) is 0. The molecule has 2 rings (SSSR count). The summed E-state index contributed by atoms with van der Waals surface area (Å²) < 4.78 is 0. The average Bonchev–Trinajstić information content (AvgIpc) is 2.73. The van der Waals surface area contributed by atoms with Gasteiger partial charge in [0.2, 0.25) is 0 Å². The summed E-state index contributed by atoms with van der Waals surface area (Å²) in [4.78, 5) is 1.27. The number of nitriles is 1. The molecule has 1 aromatic heterocycles. The van der Waals surface area contributed by atoms with Gasteiger partial charge in [0, 0.05) is 4.88 Å². The Morgan fingerprint density at radius 3 is 2.47 bits per heavy atom. The van der Waals surface area contributed by atoms with Gasteiger partial charge in [-0.3, -0.25) is 0 Å². The van der Waals surface area contributed by atoms with E-state index in [-0.39, 0.29) is 5.41 Å². The lowest BCUT2D eigenvalue weighted by molar-refractivity contribution is 0.0500. The van der Waals surface area contributed by atoms with E-state index in [2.05, 4.69) is 37.4 Å². The van der Waals surface area contributed by atoms with Gasteiger partial charge >= 0.3 is 0 Å². The first kappa shape index (κ1) is 10.7. The molecule has 0 N–H and O–H groups in total. The molecule has 1 aromatic rings. The number of thiophene rings is 1. The number of nitrogens with zero attached hydrogens (tertiary/aromatic N) is 1. The van der Waals surface area contributed by atoms with Crippen LogP contribution in [0.3, 0.4) is 0 Å². The molecule has 0 unspecified atom stereocenters. The van der Waals surface area contributed by atoms with Gasteiger partial charge in [-0.25, -0.2) is 0 Å². The molecule has 0 bridgehead atoms. The Balaban J connectivity index is 2.22. The highest BCUT2D eigenvalue weighted by atomic mass is 32.1. The van der Waals surface area contributed by atoms with E-state index in [1.165, 1.54) is 17.7 Å². The SMILES string of the molecule is CCC1(CC)CC(C#N)(c2cccs2)C1. The molecule has 15 heavy (non-hydrogen) atoms. The second-order valence-electron chi connectivity index (χ2n) is 4.73. The van der Waals surface area contributed by atoms with Crippen LogP contribution in [0.1, 0.15) is 44.4 Å². The third kappa shape index (κ3) is 1.50. The third-order valence-electron chi connectivity index (χ3n) is 4.06. The molecule has 1 fully saturated rings. The van der Waals surface area contributed by atoms with Crippen LogP contribution in [0.4, 0.5) is 0 Å². The first-order valence-electron chi connectivity index (χ1n) is 5.65. The molecule has 1 heterocycles. The van der Waals surface area contributed by atoms with Crippen LogP contribution < -0.4 is 0 Å². The quantitative estimate of drug-likeness (QED) is 0.750. The standard InChI is InChI=1S/C13H17NS/c1-3-12(4-2)8-13(9-12,10-14)11-6-5-7-15-11/h5-7H,3-4,8-9H2,1-2H3. The lowest BCUT2D eigenvalue weighted by Crippen LogP contribution is -2.47. The predicted molar refractivity (Wildman–Crippen MR) is 63.9 cm³/mol. The van der Waals surface area contributed by atoms with Crippen molar-refractivity contribution in [1.82, 2.24) is 0 Å². The minimum Gasteiger partial charge on any atom is -0.197 e. The summed E-state index contributed by atoms with van der Waals surface area (Å²) in [6, 6.07) is 6.72. The van der Waals surface area contributed by atoms with Crippen molar-refractivity contribution in [3.05, 3.63) is 22.4 Å². The fraction of sp³-hybridized carbons (Fsp3) is 0.615. The van der Waals surface area contributed by atoms with E-state index in [9.17, 15) is 5.26 Å². The molecule has 0 radical (unpaired) electrons. The van der Waals surface area contributed by atoms with Gasteiger partial charge in [-0.2, -0.15) is 5.26 Å². The van der Waals surface area contributed by atoms with Crippen LogP contribution in [0, 0.1) is 16.7 Å². The molecular formula is C13H17NS. The molecular weight excluding hydrogens is 202 g/mol. The second kappa shape index (κ2) is 3.64. The zero-order valence-electron chi connectivity index (χ0n) is 9.42. The lowest BCUT2D eigenvalue weighted by atomic mass is 9.51. The van der Waals surface area contributed by atoms with E-state index >= 15 is 0 Å². The Bertz CT molecular complexity index is 360. The summed E-state index contributed by atoms with van der Waals surface area (Å²) in [7, 11) is 0. The Kier molecular flexibility index (Phi) is 2.60. The van der Waals surface area contributed by atoms with Crippen molar-refractivity contribution >= 4 is 11.3 Å². The number of hydrogen-bond acceptors (Lipinski definition) is 2. The summed E-state index contributed by atoms with van der Waals surface area (Å²) in [5.41, 5.74) is 0.292. The Morgan fingerprint density at radius 1 is 1.40 bits per heavy atom. The summed E-state index contributed by atoms with van der Waals surface area (Å²) >= 11 is 1.73. The first-order chi connectivity index (χ1) is 7.20. The van der Waals surface area contributed by atoms with Crippen molar-refractivity contribution < 1.29 is 0 Å². The molecule has 0 amide bonds. The van der Waals surface area contributed by atoms with Crippen LogP contribution in [0.2, 0.25) is 0 Å². The second-order valence-corrected chi connectivity index (χ2v) is 5.68. The molecule has 80 valence electrons. The van der Waals surface area contributed by atoms with Crippen molar-refractivity contribution in [2.75, 3.05) is 0 Å². The highest BCUT2D eigenvalue weighted by molar-refractivity contribution is 7.10. The van der Waals surface area contributed by atoms with Crippen molar-refractivity contribution in [1.29, 1.82) is 5.26 Å². The topological polar surface area (TPSA) is 23.8 Å². The van der Waals surface area contributed by atoms with Crippen molar-refractivity contribution in [2.24, 2.45) is 5.41 Å². The maximum atomic E-state index is 9.39. The minimum atomic E-state index is -0.153. The number of rotatable bonds is 3. The van der Waals surface area contributed by atoms with Crippen LogP contribution in [-0.4, -0.2) is 0 Å². The van der Waals surface area contributed by atoms with Crippen LogP contribution in [-0.2, 0) is 5.41 Å². The highest BCUT2D eigenvalue weighted by Gasteiger charge is 2.54. The third-order valence-corrected chi connectivity index (χ3v) is 5.13. The maximum Gasteiger partial charge on any atom is 0.0925 e. The molecule has 0 saturated heterocycles. The Labute approximate surface area is 95.7 Å². The summed E-state index contributed by atoms with van der Waals surface area (Å²) in [5, 5.41) is 11.5. The molecule has 1 aliphatic carbocycles. The van der Waals surface area contributed by atoms with Crippen molar-refractivity contribution in [2.45, 2.75) is 44.9 Å².